The van der Waals surface area contributed by atoms with Crippen molar-refractivity contribution in [2.24, 2.45) is 0 Å². The fourth-order valence-corrected chi connectivity index (χ4v) is 2.14. The van der Waals surface area contributed by atoms with Crippen molar-refractivity contribution in [3.8, 4) is 0 Å². The Bertz CT molecular complexity index is 169. The van der Waals surface area contributed by atoms with E-state index in [1.54, 1.807) is 0 Å². The van der Waals surface area contributed by atoms with E-state index < -0.39 is 0 Å². The molecular formula is C8H13NO2. The van der Waals surface area contributed by atoms with Gasteiger partial charge in [-0.05, 0) is 6.42 Å². The van der Waals surface area contributed by atoms with Crippen molar-refractivity contribution in [3.05, 3.63) is 0 Å². The first-order chi connectivity index (χ1) is 5.42. The molecule has 0 spiro atoms. The lowest BCUT2D eigenvalue weighted by Crippen LogP contribution is -2.39. The number of likely N-dealkylation sites (tertiary alicyclic amines) is 1. The second-order valence-electron chi connectivity index (χ2n) is 3.75. The Morgan fingerprint density at radius 2 is 2.18 bits per heavy atom. The Morgan fingerprint density at radius 3 is 2.73 bits per heavy atom. The molecule has 3 atom stereocenters. The van der Waals surface area contributed by atoms with E-state index in [4.69, 9.17) is 9.47 Å². The van der Waals surface area contributed by atoms with Gasteiger partial charge in [0, 0.05) is 19.1 Å². The first-order valence-electron chi connectivity index (χ1n) is 4.39. The number of ether oxygens (including phenoxy) is 2. The highest BCUT2D eigenvalue weighted by molar-refractivity contribution is 4.93. The number of hydrogen-bond acceptors (Lipinski definition) is 3. The molecule has 2 bridgehead atoms. The Labute approximate surface area is 66.3 Å². The van der Waals surface area contributed by atoms with Gasteiger partial charge in [0.25, 0.3) is 0 Å². The molecule has 3 saturated heterocycles. The summed E-state index contributed by atoms with van der Waals surface area (Å²) in [6.07, 6.45) is 2.35. The van der Waals surface area contributed by atoms with E-state index in [9.17, 15) is 0 Å². The van der Waals surface area contributed by atoms with E-state index in [0.29, 0.717) is 18.2 Å². The first-order valence-corrected chi connectivity index (χ1v) is 4.39. The van der Waals surface area contributed by atoms with Crippen molar-refractivity contribution in [3.63, 3.8) is 0 Å². The van der Waals surface area contributed by atoms with Crippen LogP contribution in [0.15, 0.2) is 0 Å². The van der Waals surface area contributed by atoms with Crippen molar-refractivity contribution in [1.29, 1.82) is 0 Å². The third-order valence-electron chi connectivity index (χ3n) is 2.85. The number of hydrogen-bond donors (Lipinski definition) is 0. The summed E-state index contributed by atoms with van der Waals surface area (Å²) in [7, 11) is 0. The predicted octanol–water partition coefficient (Wildman–Crippen LogP) is -0.142. The van der Waals surface area contributed by atoms with Crippen LogP contribution in [0, 0.1) is 0 Å². The molecule has 3 nitrogen and oxygen atoms in total. The largest absolute Gasteiger partial charge is 0.375 e. The maximum absolute atomic E-state index is 5.50. The number of epoxide rings is 1. The molecule has 0 saturated carbocycles. The lowest BCUT2D eigenvalue weighted by atomic mass is 10.2. The summed E-state index contributed by atoms with van der Waals surface area (Å²) in [5.41, 5.74) is 0. The molecule has 62 valence electrons. The molecule has 0 aromatic heterocycles. The smallest absolute Gasteiger partial charge is 0.0936 e. The maximum atomic E-state index is 5.50. The van der Waals surface area contributed by atoms with E-state index >= 15 is 0 Å². The van der Waals surface area contributed by atoms with Crippen LogP contribution < -0.4 is 0 Å². The predicted molar refractivity (Wildman–Crippen MR) is 39.5 cm³/mol. The summed E-state index contributed by atoms with van der Waals surface area (Å²) in [5, 5.41) is 0. The lowest BCUT2D eigenvalue weighted by Gasteiger charge is -2.25. The standard InChI is InChI=1S/C8H13NO2/c1-6-4-10-7(1)2-9(6)3-8-5-11-8/h6-8H,1-5H2/t6?,7?,8-/m0/s1. The van der Waals surface area contributed by atoms with Crippen LogP contribution in [0.1, 0.15) is 6.42 Å². The Balaban J connectivity index is 1.62. The van der Waals surface area contributed by atoms with Gasteiger partial charge in [-0.1, -0.05) is 0 Å². The molecule has 11 heavy (non-hydrogen) atoms. The third kappa shape index (κ3) is 1.08. The molecule has 0 aromatic rings. The summed E-state index contributed by atoms with van der Waals surface area (Å²) < 4.78 is 10.7. The molecule has 3 heterocycles. The highest BCUT2D eigenvalue weighted by atomic mass is 16.6. The van der Waals surface area contributed by atoms with Crippen molar-refractivity contribution < 1.29 is 9.47 Å². The Kier molecular flexibility index (Phi) is 1.27. The fraction of sp³-hybridized carbons (Fsp3) is 1.00. The summed E-state index contributed by atoms with van der Waals surface area (Å²) in [6.45, 7) is 4.22. The molecule has 0 N–H and O–H groups in total. The molecule has 2 unspecified atom stereocenters. The van der Waals surface area contributed by atoms with Crippen LogP contribution in [0.5, 0.6) is 0 Å². The van der Waals surface area contributed by atoms with E-state index in [1.165, 1.54) is 6.42 Å². The normalized spacial score (nSPS) is 48.5. The second kappa shape index (κ2) is 2.19. The zero-order valence-electron chi connectivity index (χ0n) is 6.53. The van der Waals surface area contributed by atoms with Crippen LogP contribution in [0.2, 0.25) is 0 Å². The van der Waals surface area contributed by atoms with Gasteiger partial charge in [0.15, 0.2) is 0 Å². The molecule has 0 radical (unpaired) electrons. The zero-order valence-corrected chi connectivity index (χ0v) is 6.53. The molecule has 0 amide bonds. The number of fused-ring (bicyclic) bond motifs is 2. The van der Waals surface area contributed by atoms with E-state index in [1.807, 2.05) is 0 Å². The van der Waals surface area contributed by atoms with Crippen molar-refractivity contribution in [2.75, 3.05) is 26.3 Å². The highest BCUT2D eigenvalue weighted by Gasteiger charge is 2.41. The topological polar surface area (TPSA) is 25.0 Å². The Hall–Kier alpha value is -0.120. The monoisotopic (exact) mass is 155 g/mol. The summed E-state index contributed by atoms with van der Waals surface area (Å²) in [4.78, 5) is 2.52. The fourth-order valence-electron chi connectivity index (χ4n) is 2.14. The van der Waals surface area contributed by atoms with Crippen LogP contribution in [-0.2, 0) is 9.47 Å². The quantitative estimate of drug-likeness (QED) is 0.519. The minimum Gasteiger partial charge on any atom is -0.375 e. The second-order valence-corrected chi connectivity index (χ2v) is 3.75. The lowest BCUT2D eigenvalue weighted by molar-refractivity contribution is 0.0281. The third-order valence-corrected chi connectivity index (χ3v) is 2.85. The minimum atomic E-state index is 0.541. The Morgan fingerprint density at radius 1 is 1.27 bits per heavy atom. The molecule has 0 aromatic carbocycles. The van der Waals surface area contributed by atoms with Crippen molar-refractivity contribution >= 4 is 0 Å². The van der Waals surface area contributed by atoms with Gasteiger partial charge in [-0.15, -0.1) is 0 Å². The number of nitrogens with zero attached hydrogens (tertiary/aromatic N) is 1. The summed E-state index contributed by atoms with van der Waals surface area (Å²) in [6, 6.07) is 0.712. The van der Waals surface area contributed by atoms with Gasteiger partial charge in [-0.2, -0.15) is 0 Å². The van der Waals surface area contributed by atoms with E-state index in [2.05, 4.69) is 4.90 Å². The van der Waals surface area contributed by atoms with Crippen LogP contribution in [0.25, 0.3) is 0 Å². The van der Waals surface area contributed by atoms with E-state index in [0.717, 1.165) is 26.3 Å². The van der Waals surface area contributed by atoms with Gasteiger partial charge < -0.3 is 9.47 Å². The summed E-state index contributed by atoms with van der Waals surface area (Å²) in [5.74, 6) is 0. The van der Waals surface area contributed by atoms with Gasteiger partial charge >= 0.3 is 0 Å². The number of rotatable bonds is 2. The van der Waals surface area contributed by atoms with E-state index in [-0.39, 0.29) is 0 Å². The van der Waals surface area contributed by atoms with Gasteiger partial charge in [-0.3, -0.25) is 4.90 Å². The van der Waals surface area contributed by atoms with Crippen molar-refractivity contribution in [2.45, 2.75) is 24.7 Å². The molecule has 3 heteroatoms. The van der Waals surface area contributed by atoms with Crippen LogP contribution in [-0.4, -0.2) is 49.5 Å². The first kappa shape index (κ1) is 6.40. The summed E-state index contributed by atoms with van der Waals surface area (Å²) >= 11 is 0. The molecule has 3 aliphatic heterocycles. The molecule has 3 aliphatic rings. The molecular weight excluding hydrogens is 142 g/mol. The average molecular weight is 155 g/mol. The van der Waals surface area contributed by atoms with Crippen LogP contribution >= 0.6 is 0 Å². The zero-order chi connectivity index (χ0) is 7.26. The molecule has 3 rings (SSSR count). The SMILES string of the molecule is C1OC2CC1N(C[C@H]1CO1)C2. The maximum Gasteiger partial charge on any atom is 0.0936 e. The highest BCUT2D eigenvalue weighted by Crippen LogP contribution is 2.29. The average Bonchev–Trinajstić information content (AvgIpc) is 2.61. The van der Waals surface area contributed by atoms with Gasteiger partial charge in [-0.25, -0.2) is 0 Å². The van der Waals surface area contributed by atoms with Gasteiger partial charge in [0.1, 0.15) is 0 Å². The number of morpholine rings is 1. The molecule has 3 fully saturated rings. The minimum absolute atomic E-state index is 0.541. The van der Waals surface area contributed by atoms with Crippen LogP contribution in [0.3, 0.4) is 0 Å². The van der Waals surface area contributed by atoms with Gasteiger partial charge in [0.05, 0.1) is 25.4 Å². The van der Waals surface area contributed by atoms with Gasteiger partial charge in [0.2, 0.25) is 0 Å². The van der Waals surface area contributed by atoms with Crippen LogP contribution in [0.4, 0.5) is 0 Å². The molecule has 0 aliphatic carbocycles. The van der Waals surface area contributed by atoms with Crippen molar-refractivity contribution in [1.82, 2.24) is 4.90 Å².